The molecule has 5 nitrogen and oxygen atoms in total. The van der Waals surface area contributed by atoms with E-state index in [9.17, 15) is 8.42 Å². The zero-order valence-electron chi connectivity index (χ0n) is 14.1. The van der Waals surface area contributed by atoms with E-state index in [1.54, 1.807) is 36.7 Å². The molecule has 0 unspecified atom stereocenters. The van der Waals surface area contributed by atoms with E-state index in [0.29, 0.717) is 10.6 Å². The van der Waals surface area contributed by atoms with Gasteiger partial charge < -0.3 is 4.98 Å². The van der Waals surface area contributed by atoms with Gasteiger partial charge in [-0.05, 0) is 36.6 Å². The Kier molecular flexibility index (Phi) is 5.19. The number of hydrogen-bond donors (Lipinski definition) is 1. The Labute approximate surface area is 148 Å². The standard InChI is InChI=1S/C19H21N3O2S/c1-2-3-9-16-10-7-8-13-18(16)25(23,24)22(19-20-14-15-21-19)17-11-5-4-6-12-17/h4-8,10-15H,2-3,9H2,1H3,(H,20,21). The summed E-state index contributed by atoms with van der Waals surface area (Å²) in [7, 11) is -3.80. The largest absolute Gasteiger partial charge is 0.330 e. The Balaban J connectivity index is 2.13. The van der Waals surface area contributed by atoms with Crippen LogP contribution in [0.4, 0.5) is 11.6 Å². The number of sulfonamides is 1. The highest BCUT2D eigenvalue weighted by Crippen LogP contribution is 2.31. The number of aromatic amines is 1. The summed E-state index contributed by atoms with van der Waals surface area (Å²) in [6.07, 6.45) is 5.84. The lowest BCUT2D eigenvalue weighted by atomic mass is 10.1. The van der Waals surface area contributed by atoms with Gasteiger partial charge in [0.2, 0.25) is 5.95 Å². The van der Waals surface area contributed by atoms with Gasteiger partial charge in [-0.3, -0.25) is 0 Å². The second-order valence-electron chi connectivity index (χ2n) is 5.73. The summed E-state index contributed by atoms with van der Waals surface area (Å²) in [5.74, 6) is 0.275. The van der Waals surface area contributed by atoms with Gasteiger partial charge >= 0.3 is 0 Å². The van der Waals surface area contributed by atoms with Crippen LogP contribution < -0.4 is 4.31 Å². The molecule has 2 aromatic carbocycles. The zero-order chi connectivity index (χ0) is 17.7. The molecule has 1 aromatic heterocycles. The monoisotopic (exact) mass is 355 g/mol. The Morgan fingerprint density at radius 2 is 1.76 bits per heavy atom. The van der Waals surface area contributed by atoms with Crippen molar-refractivity contribution in [1.82, 2.24) is 9.97 Å². The Bertz CT molecular complexity index is 907. The number of imidazole rings is 1. The van der Waals surface area contributed by atoms with E-state index in [0.717, 1.165) is 24.8 Å². The van der Waals surface area contributed by atoms with Crippen molar-refractivity contribution in [3.63, 3.8) is 0 Å². The predicted molar refractivity (Wildman–Crippen MR) is 99.4 cm³/mol. The first-order valence-electron chi connectivity index (χ1n) is 8.32. The van der Waals surface area contributed by atoms with E-state index < -0.39 is 10.0 Å². The molecule has 0 aliphatic heterocycles. The SMILES string of the molecule is CCCCc1ccccc1S(=O)(=O)N(c1ccccc1)c1ncc[nH]1. The quantitative estimate of drug-likeness (QED) is 0.688. The number of aryl methyl sites for hydroxylation is 1. The van der Waals surface area contributed by atoms with Gasteiger partial charge in [-0.25, -0.2) is 17.7 Å². The second-order valence-corrected chi connectivity index (χ2v) is 7.48. The van der Waals surface area contributed by atoms with E-state index in [-0.39, 0.29) is 5.95 Å². The summed E-state index contributed by atoms with van der Waals surface area (Å²) in [6, 6.07) is 16.2. The lowest BCUT2D eigenvalue weighted by molar-refractivity contribution is 0.594. The van der Waals surface area contributed by atoms with Gasteiger partial charge in [-0.1, -0.05) is 49.7 Å². The van der Waals surface area contributed by atoms with Crippen molar-refractivity contribution in [2.75, 3.05) is 4.31 Å². The smallest absolute Gasteiger partial charge is 0.271 e. The van der Waals surface area contributed by atoms with E-state index in [1.807, 2.05) is 30.3 Å². The third-order valence-corrected chi connectivity index (χ3v) is 5.78. The number of benzene rings is 2. The molecule has 0 amide bonds. The third kappa shape index (κ3) is 3.58. The van der Waals surface area contributed by atoms with Gasteiger partial charge in [-0.15, -0.1) is 0 Å². The molecule has 0 saturated carbocycles. The molecule has 130 valence electrons. The number of hydrogen-bond acceptors (Lipinski definition) is 3. The number of rotatable bonds is 7. The Morgan fingerprint density at radius 3 is 2.44 bits per heavy atom. The van der Waals surface area contributed by atoms with Gasteiger partial charge in [0.15, 0.2) is 0 Å². The summed E-state index contributed by atoms with van der Waals surface area (Å²) < 4.78 is 28.2. The molecule has 0 fully saturated rings. The fourth-order valence-corrected chi connectivity index (χ4v) is 4.41. The predicted octanol–water partition coefficient (Wildman–Crippen LogP) is 4.28. The topological polar surface area (TPSA) is 66.1 Å². The van der Waals surface area contributed by atoms with Gasteiger partial charge in [0.05, 0.1) is 10.6 Å². The molecule has 25 heavy (non-hydrogen) atoms. The van der Waals surface area contributed by atoms with Crippen LogP contribution in [0, 0.1) is 0 Å². The molecule has 6 heteroatoms. The number of H-pyrrole nitrogens is 1. The molecule has 0 aliphatic rings. The van der Waals surface area contributed by atoms with Crippen molar-refractivity contribution in [3.05, 3.63) is 72.6 Å². The summed E-state index contributed by atoms with van der Waals surface area (Å²) in [6.45, 7) is 2.09. The van der Waals surface area contributed by atoms with E-state index in [4.69, 9.17) is 0 Å². The van der Waals surface area contributed by atoms with Crippen molar-refractivity contribution in [2.24, 2.45) is 0 Å². The maximum atomic E-state index is 13.5. The van der Waals surface area contributed by atoms with Gasteiger partial charge in [0.25, 0.3) is 10.0 Å². The number of para-hydroxylation sites is 1. The minimum atomic E-state index is -3.80. The Hall–Kier alpha value is -2.60. The summed E-state index contributed by atoms with van der Waals surface area (Å²) in [5, 5.41) is 0. The fraction of sp³-hybridized carbons (Fsp3) is 0.211. The van der Waals surface area contributed by atoms with Crippen LogP contribution in [0.1, 0.15) is 25.3 Å². The molecule has 3 rings (SSSR count). The molecule has 0 spiro atoms. The van der Waals surface area contributed by atoms with E-state index in [2.05, 4.69) is 16.9 Å². The number of nitrogens with zero attached hydrogens (tertiary/aromatic N) is 2. The summed E-state index contributed by atoms with van der Waals surface area (Å²) in [5.41, 5.74) is 1.37. The summed E-state index contributed by atoms with van der Waals surface area (Å²) in [4.78, 5) is 7.40. The first-order chi connectivity index (χ1) is 12.1. The van der Waals surface area contributed by atoms with Gasteiger partial charge in [-0.2, -0.15) is 0 Å². The zero-order valence-corrected chi connectivity index (χ0v) is 14.9. The molecule has 0 bridgehead atoms. The van der Waals surface area contributed by atoms with Gasteiger partial charge in [0, 0.05) is 12.4 Å². The normalized spacial score (nSPS) is 11.4. The minimum Gasteiger partial charge on any atom is -0.330 e. The van der Waals surface area contributed by atoms with Crippen LogP contribution in [-0.2, 0) is 16.4 Å². The van der Waals surface area contributed by atoms with Crippen molar-refractivity contribution >= 4 is 21.7 Å². The molecular formula is C19H21N3O2S. The third-order valence-electron chi connectivity index (χ3n) is 3.96. The van der Waals surface area contributed by atoms with Crippen molar-refractivity contribution in [1.29, 1.82) is 0 Å². The average Bonchev–Trinajstić information content (AvgIpc) is 3.15. The van der Waals surface area contributed by atoms with E-state index in [1.165, 1.54) is 4.31 Å². The van der Waals surface area contributed by atoms with Crippen molar-refractivity contribution < 1.29 is 8.42 Å². The van der Waals surface area contributed by atoms with E-state index >= 15 is 0 Å². The molecule has 0 aliphatic carbocycles. The highest BCUT2D eigenvalue weighted by atomic mass is 32.2. The molecule has 0 radical (unpaired) electrons. The molecule has 0 atom stereocenters. The number of aromatic nitrogens is 2. The molecule has 1 heterocycles. The van der Waals surface area contributed by atoms with Gasteiger partial charge in [0.1, 0.15) is 0 Å². The van der Waals surface area contributed by atoms with Crippen molar-refractivity contribution in [3.8, 4) is 0 Å². The number of unbranched alkanes of at least 4 members (excludes halogenated alkanes) is 1. The second kappa shape index (κ2) is 7.53. The van der Waals surface area contributed by atoms with Crippen LogP contribution >= 0.6 is 0 Å². The first kappa shape index (κ1) is 17.2. The molecule has 3 aromatic rings. The molecule has 0 saturated heterocycles. The maximum absolute atomic E-state index is 13.5. The van der Waals surface area contributed by atoms with Crippen LogP contribution in [-0.4, -0.2) is 18.4 Å². The lowest BCUT2D eigenvalue weighted by Gasteiger charge is -2.23. The highest BCUT2D eigenvalue weighted by molar-refractivity contribution is 7.93. The average molecular weight is 355 g/mol. The van der Waals surface area contributed by atoms with Crippen LogP contribution in [0.5, 0.6) is 0 Å². The van der Waals surface area contributed by atoms with Crippen LogP contribution in [0.3, 0.4) is 0 Å². The Morgan fingerprint density at radius 1 is 1.04 bits per heavy atom. The molecule has 1 N–H and O–H groups in total. The highest BCUT2D eigenvalue weighted by Gasteiger charge is 2.30. The van der Waals surface area contributed by atoms with Crippen LogP contribution in [0.15, 0.2) is 71.9 Å². The van der Waals surface area contributed by atoms with Crippen LogP contribution in [0.2, 0.25) is 0 Å². The maximum Gasteiger partial charge on any atom is 0.271 e. The first-order valence-corrected chi connectivity index (χ1v) is 9.76. The minimum absolute atomic E-state index is 0.275. The lowest BCUT2D eigenvalue weighted by Crippen LogP contribution is -2.28. The summed E-state index contributed by atoms with van der Waals surface area (Å²) >= 11 is 0. The fourth-order valence-electron chi connectivity index (χ4n) is 2.73. The number of anilines is 2. The molecular weight excluding hydrogens is 334 g/mol. The van der Waals surface area contributed by atoms with Crippen LogP contribution in [0.25, 0.3) is 0 Å². The van der Waals surface area contributed by atoms with Crippen molar-refractivity contribution in [2.45, 2.75) is 31.1 Å². The number of nitrogens with one attached hydrogen (secondary N) is 1.